The standard InChI is InChI=1S/C22H30ClN3O3S/c1-5-21(26(30(4,28)29)20-14-10-18(23)11-15-20)22(27)24-16-17-8-12-19(13-9-17)25(6-2)7-3/h8-15,21H,5-7,16H2,1-4H3,(H,24,27)/t21-/m0/s1. The first-order valence-electron chi connectivity index (χ1n) is 10.1. The predicted molar refractivity (Wildman–Crippen MR) is 125 cm³/mol. The summed E-state index contributed by atoms with van der Waals surface area (Å²) in [6, 6.07) is 13.6. The van der Waals surface area contributed by atoms with Gasteiger partial charge in [-0.15, -0.1) is 0 Å². The summed E-state index contributed by atoms with van der Waals surface area (Å²) in [4.78, 5) is 15.1. The van der Waals surface area contributed by atoms with Crippen molar-refractivity contribution in [3.8, 4) is 0 Å². The molecule has 30 heavy (non-hydrogen) atoms. The number of anilines is 2. The van der Waals surface area contributed by atoms with Gasteiger partial charge in [0.05, 0.1) is 11.9 Å². The number of sulfonamides is 1. The Kier molecular flexibility index (Phi) is 8.55. The van der Waals surface area contributed by atoms with E-state index in [1.807, 2.05) is 24.3 Å². The molecular formula is C22H30ClN3O3S. The summed E-state index contributed by atoms with van der Waals surface area (Å²) in [7, 11) is -3.67. The summed E-state index contributed by atoms with van der Waals surface area (Å²) < 4.78 is 26.1. The number of benzene rings is 2. The van der Waals surface area contributed by atoms with Gasteiger partial charge in [-0.05, 0) is 62.2 Å². The van der Waals surface area contributed by atoms with E-state index in [1.165, 1.54) is 0 Å². The lowest BCUT2D eigenvalue weighted by Gasteiger charge is -2.30. The lowest BCUT2D eigenvalue weighted by Crippen LogP contribution is -2.49. The minimum Gasteiger partial charge on any atom is -0.372 e. The van der Waals surface area contributed by atoms with Crippen LogP contribution in [0.1, 0.15) is 32.8 Å². The summed E-state index contributed by atoms with van der Waals surface area (Å²) in [6.45, 7) is 8.18. The second-order valence-electron chi connectivity index (χ2n) is 7.02. The van der Waals surface area contributed by atoms with Gasteiger partial charge >= 0.3 is 0 Å². The Morgan fingerprint density at radius 2 is 1.50 bits per heavy atom. The van der Waals surface area contributed by atoms with Gasteiger partial charge in [0.25, 0.3) is 0 Å². The van der Waals surface area contributed by atoms with Crippen LogP contribution in [-0.2, 0) is 21.4 Å². The van der Waals surface area contributed by atoms with Crippen LogP contribution in [0.4, 0.5) is 11.4 Å². The lowest BCUT2D eigenvalue weighted by molar-refractivity contribution is -0.122. The van der Waals surface area contributed by atoms with Gasteiger partial charge in [-0.1, -0.05) is 30.7 Å². The topological polar surface area (TPSA) is 69.7 Å². The number of amides is 1. The number of nitrogens with one attached hydrogen (secondary N) is 1. The molecule has 1 N–H and O–H groups in total. The molecule has 0 bridgehead atoms. The van der Waals surface area contributed by atoms with Crippen LogP contribution < -0.4 is 14.5 Å². The third-order valence-corrected chi connectivity index (χ3v) is 6.37. The number of halogens is 1. The van der Waals surface area contributed by atoms with E-state index in [1.54, 1.807) is 31.2 Å². The average molecular weight is 452 g/mol. The first-order valence-corrected chi connectivity index (χ1v) is 12.3. The van der Waals surface area contributed by atoms with Crippen molar-refractivity contribution in [3.63, 3.8) is 0 Å². The van der Waals surface area contributed by atoms with Gasteiger partial charge in [0, 0.05) is 30.3 Å². The van der Waals surface area contributed by atoms with Crippen molar-refractivity contribution in [1.29, 1.82) is 0 Å². The third kappa shape index (κ3) is 6.12. The Bertz CT molecular complexity index is 927. The van der Waals surface area contributed by atoms with E-state index < -0.39 is 16.1 Å². The van der Waals surface area contributed by atoms with Crippen LogP contribution in [0.15, 0.2) is 48.5 Å². The van der Waals surface area contributed by atoms with Gasteiger partial charge in [0.1, 0.15) is 6.04 Å². The largest absolute Gasteiger partial charge is 0.372 e. The maximum atomic E-state index is 12.9. The van der Waals surface area contributed by atoms with E-state index in [2.05, 4.69) is 24.1 Å². The number of hydrogen-bond donors (Lipinski definition) is 1. The summed E-state index contributed by atoms with van der Waals surface area (Å²) in [5, 5.41) is 3.37. The minimum absolute atomic E-state index is 0.325. The van der Waals surface area contributed by atoms with Crippen LogP contribution in [0.25, 0.3) is 0 Å². The fourth-order valence-corrected chi connectivity index (χ4v) is 4.71. The highest BCUT2D eigenvalue weighted by molar-refractivity contribution is 7.92. The molecule has 0 aromatic heterocycles. The van der Waals surface area contributed by atoms with Crippen molar-refractivity contribution in [1.82, 2.24) is 5.32 Å². The molecule has 0 saturated carbocycles. The second kappa shape index (κ2) is 10.7. The number of rotatable bonds is 10. The molecule has 2 rings (SSSR count). The molecule has 0 aliphatic rings. The van der Waals surface area contributed by atoms with E-state index in [-0.39, 0.29) is 5.91 Å². The average Bonchev–Trinajstić information content (AvgIpc) is 2.72. The molecule has 0 aliphatic carbocycles. The number of carbonyl (C=O) groups excluding carboxylic acids is 1. The Morgan fingerprint density at radius 3 is 1.97 bits per heavy atom. The molecule has 0 radical (unpaired) electrons. The van der Waals surface area contributed by atoms with E-state index in [0.717, 1.165) is 34.9 Å². The van der Waals surface area contributed by atoms with Gasteiger partial charge in [-0.25, -0.2) is 8.42 Å². The van der Waals surface area contributed by atoms with Crippen LogP contribution in [0.2, 0.25) is 5.02 Å². The Balaban J connectivity index is 2.15. The zero-order valence-electron chi connectivity index (χ0n) is 17.9. The van der Waals surface area contributed by atoms with Gasteiger partial charge in [-0.3, -0.25) is 9.10 Å². The highest BCUT2D eigenvalue weighted by Gasteiger charge is 2.31. The smallest absolute Gasteiger partial charge is 0.244 e. The minimum atomic E-state index is -3.67. The van der Waals surface area contributed by atoms with E-state index in [9.17, 15) is 13.2 Å². The van der Waals surface area contributed by atoms with Gasteiger partial charge in [0.15, 0.2) is 0 Å². The molecule has 0 spiro atoms. The first-order chi connectivity index (χ1) is 14.2. The molecule has 0 aliphatic heterocycles. The van der Waals surface area contributed by atoms with E-state index in [0.29, 0.717) is 23.7 Å². The van der Waals surface area contributed by atoms with Crippen molar-refractivity contribution in [2.24, 2.45) is 0 Å². The molecule has 8 heteroatoms. The maximum absolute atomic E-state index is 12.9. The molecule has 6 nitrogen and oxygen atoms in total. The molecule has 1 atom stereocenters. The maximum Gasteiger partial charge on any atom is 0.244 e. The van der Waals surface area contributed by atoms with Crippen LogP contribution in [0.3, 0.4) is 0 Å². The summed E-state index contributed by atoms with van der Waals surface area (Å²) in [5.74, 6) is -0.342. The fraction of sp³-hybridized carbons (Fsp3) is 0.409. The molecule has 0 heterocycles. The number of nitrogens with zero attached hydrogens (tertiary/aromatic N) is 2. The van der Waals surface area contributed by atoms with Crippen molar-refractivity contribution in [2.75, 3.05) is 28.6 Å². The Morgan fingerprint density at radius 1 is 0.967 bits per heavy atom. The van der Waals surface area contributed by atoms with E-state index in [4.69, 9.17) is 11.6 Å². The second-order valence-corrected chi connectivity index (χ2v) is 9.31. The van der Waals surface area contributed by atoms with Crippen molar-refractivity contribution in [2.45, 2.75) is 39.8 Å². The van der Waals surface area contributed by atoms with Crippen molar-refractivity contribution < 1.29 is 13.2 Å². The van der Waals surface area contributed by atoms with Crippen molar-refractivity contribution in [3.05, 3.63) is 59.1 Å². The van der Waals surface area contributed by atoms with Gasteiger partial charge in [0.2, 0.25) is 15.9 Å². The Labute approximate surface area is 184 Å². The monoisotopic (exact) mass is 451 g/mol. The SMILES string of the molecule is CC[C@@H](C(=O)NCc1ccc(N(CC)CC)cc1)N(c1ccc(Cl)cc1)S(C)(=O)=O. The predicted octanol–water partition coefficient (Wildman–Crippen LogP) is 4.05. The number of carbonyl (C=O) groups is 1. The molecule has 164 valence electrons. The number of hydrogen-bond acceptors (Lipinski definition) is 4. The van der Waals surface area contributed by atoms with Gasteiger partial charge < -0.3 is 10.2 Å². The van der Waals surface area contributed by atoms with Crippen LogP contribution in [-0.4, -0.2) is 39.7 Å². The normalized spacial score (nSPS) is 12.3. The molecule has 0 fully saturated rings. The molecule has 2 aromatic rings. The highest BCUT2D eigenvalue weighted by atomic mass is 35.5. The lowest BCUT2D eigenvalue weighted by atomic mass is 10.1. The first kappa shape index (κ1) is 24.0. The molecular weight excluding hydrogens is 422 g/mol. The van der Waals surface area contributed by atoms with Crippen LogP contribution in [0.5, 0.6) is 0 Å². The summed E-state index contributed by atoms with van der Waals surface area (Å²) in [5.41, 5.74) is 2.49. The Hall–Kier alpha value is -2.25. The zero-order chi connectivity index (χ0) is 22.3. The molecule has 1 amide bonds. The van der Waals surface area contributed by atoms with Crippen LogP contribution in [0, 0.1) is 0 Å². The molecule has 2 aromatic carbocycles. The third-order valence-electron chi connectivity index (χ3n) is 4.94. The quantitative estimate of drug-likeness (QED) is 0.591. The van der Waals surface area contributed by atoms with E-state index >= 15 is 0 Å². The van der Waals surface area contributed by atoms with Crippen molar-refractivity contribution >= 4 is 38.9 Å². The molecule has 0 saturated heterocycles. The fourth-order valence-electron chi connectivity index (χ4n) is 3.37. The zero-order valence-corrected chi connectivity index (χ0v) is 19.5. The summed E-state index contributed by atoms with van der Waals surface area (Å²) in [6.07, 6.45) is 1.44. The summed E-state index contributed by atoms with van der Waals surface area (Å²) >= 11 is 5.92. The van der Waals surface area contributed by atoms with Gasteiger partial charge in [-0.2, -0.15) is 0 Å². The van der Waals surface area contributed by atoms with Crippen LogP contribution >= 0.6 is 11.6 Å². The highest BCUT2D eigenvalue weighted by Crippen LogP contribution is 2.24. The molecule has 0 unspecified atom stereocenters.